The molecule has 1 aliphatic carbocycles. The van der Waals surface area contributed by atoms with Gasteiger partial charge in [-0.3, -0.25) is 0 Å². The number of anilines is 6. The van der Waals surface area contributed by atoms with E-state index in [0.29, 0.717) is 0 Å². The van der Waals surface area contributed by atoms with E-state index in [-0.39, 0.29) is 5.41 Å². The minimum Gasteiger partial charge on any atom is -0.309 e. The minimum absolute atomic E-state index is 0.0951. The van der Waals surface area contributed by atoms with Crippen molar-refractivity contribution in [3.8, 4) is 22.3 Å². The Kier molecular flexibility index (Phi) is 7.35. The zero-order valence-electron chi connectivity index (χ0n) is 30.5. The van der Waals surface area contributed by atoms with Crippen LogP contribution in [-0.4, -0.2) is 0 Å². The predicted molar refractivity (Wildman–Crippen MR) is 236 cm³/mol. The first-order valence-corrected chi connectivity index (χ1v) is 20.5. The molecule has 0 unspecified atom stereocenters. The van der Waals surface area contributed by atoms with Crippen molar-refractivity contribution in [2.75, 3.05) is 9.80 Å². The maximum Gasteiger partial charge on any atom is 0.0640 e. The first-order chi connectivity index (χ1) is 27.0. The zero-order valence-corrected chi connectivity index (χ0v) is 32.2. The van der Waals surface area contributed by atoms with Crippen molar-refractivity contribution in [2.45, 2.75) is 29.1 Å². The summed E-state index contributed by atoms with van der Waals surface area (Å²) in [5.74, 6) is 0. The second kappa shape index (κ2) is 12.5. The van der Waals surface area contributed by atoms with Crippen LogP contribution in [0.2, 0.25) is 0 Å². The Hall–Kier alpha value is -6.07. The number of hydrogen-bond acceptors (Lipinski definition) is 4. The molecule has 2 nitrogen and oxygen atoms in total. The van der Waals surface area contributed by atoms with E-state index in [1.807, 2.05) is 23.1 Å². The zero-order chi connectivity index (χ0) is 36.7. The van der Waals surface area contributed by atoms with Gasteiger partial charge >= 0.3 is 0 Å². The Labute approximate surface area is 330 Å². The minimum atomic E-state index is -0.0951. The monoisotopic (exact) mass is 740 g/mol. The van der Waals surface area contributed by atoms with E-state index in [4.69, 9.17) is 0 Å². The number of hydrogen-bond donors (Lipinski definition) is 0. The normalized spacial score (nSPS) is 13.7. The summed E-state index contributed by atoms with van der Waals surface area (Å²) in [7, 11) is 0. The van der Waals surface area contributed by atoms with E-state index in [2.05, 4.69) is 206 Å². The molecule has 0 spiro atoms. The Bertz CT molecular complexity index is 2940. The molecule has 0 radical (unpaired) electrons. The number of benzene rings is 8. The van der Waals surface area contributed by atoms with Gasteiger partial charge in [0.1, 0.15) is 0 Å². The lowest BCUT2D eigenvalue weighted by atomic mass is 9.82. The summed E-state index contributed by atoms with van der Waals surface area (Å²) in [6, 6.07) is 67.0. The van der Waals surface area contributed by atoms with Gasteiger partial charge in [-0.15, -0.1) is 11.3 Å². The number of nitrogens with zero attached hydrogens (tertiary/aromatic N) is 2. The fourth-order valence-electron chi connectivity index (χ4n) is 8.76. The van der Waals surface area contributed by atoms with Crippen molar-refractivity contribution in [1.29, 1.82) is 0 Å². The molecule has 9 aromatic rings. The molecule has 55 heavy (non-hydrogen) atoms. The average molecular weight is 741 g/mol. The number of para-hydroxylation sites is 2. The molecule has 0 amide bonds. The molecule has 262 valence electrons. The number of thiophene rings is 1. The smallest absolute Gasteiger partial charge is 0.0640 e. The van der Waals surface area contributed by atoms with Crippen LogP contribution >= 0.6 is 23.1 Å². The number of fused-ring (bicyclic) bond motifs is 8. The molecular weight excluding hydrogens is 705 g/mol. The van der Waals surface area contributed by atoms with Crippen LogP contribution in [0.5, 0.6) is 0 Å². The lowest BCUT2D eigenvalue weighted by Gasteiger charge is -2.33. The average Bonchev–Trinajstić information content (AvgIpc) is 3.73. The highest BCUT2D eigenvalue weighted by molar-refractivity contribution is 7.99. The summed E-state index contributed by atoms with van der Waals surface area (Å²) in [5, 5.41) is 2.61. The van der Waals surface area contributed by atoms with Gasteiger partial charge in [0, 0.05) is 47.7 Å². The first-order valence-electron chi connectivity index (χ1n) is 18.8. The van der Waals surface area contributed by atoms with E-state index in [1.54, 1.807) is 0 Å². The van der Waals surface area contributed by atoms with Crippen LogP contribution in [0.3, 0.4) is 0 Å². The van der Waals surface area contributed by atoms with Crippen LogP contribution in [0.1, 0.15) is 25.0 Å². The van der Waals surface area contributed by atoms with Crippen LogP contribution in [0.25, 0.3) is 42.4 Å². The Morgan fingerprint density at radius 1 is 0.491 bits per heavy atom. The van der Waals surface area contributed by atoms with E-state index < -0.39 is 0 Å². The molecule has 1 aromatic heterocycles. The van der Waals surface area contributed by atoms with Crippen molar-refractivity contribution < 1.29 is 0 Å². The summed E-state index contributed by atoms with van der Waals surface area (Å²) in [4.78, 5) is 7.37. The molecule has 11 rings (SSSR count). The van der Waals surface area contributed by atoms with E-state index in [0.717, 1.165) is 5.69 Å². The van der Waals surface area contributed by atoms with Crippen molar-refractivity contribution in [3.63, 3.8) is 0 Å². The number of rotatable bonds is 5. The molecule has 0 fully saturated rings. The van der Waals surface area contributed by atoms with Gasteiger partial charge in [0.2, 0.25) is 0 Å². The third-order valence-electron chi connectivity index (χ3n) is 11.4. The summed E-state index contributed by atoms with van der Waals surface area (Å²) in [5.41, 5.74) is 14.8. The van der Waals surface area contributed by atoms with Crippen LogP contribution < -0.4 is 9.80 Å². The summed E-state index contributed by atoms with van der Waals surface area (Å²) in [6.45, 7) is 4.73. The highest BCUT2D eigenvalue weighted by Gasteiger charge is 2.36. The fraction of sp³-hybridized carbons (Fsp3) is 0.0588. The molecule has 1 aliphatic heterocycles. The van der Waals surface area contributed by atoms with Crippen LogP contribution in [0.4, 0.5) is 34.1 Å². The van der Waals surface area contributed by atoms with Gasteiger partial charge in [0.05, 0.1) is 21.8 Å². The van der Waals surface area contributed by atoms with Crippen molar-refractivity contribution in [1.82, 2.24) is 0 Å². The molecule has 8 aromatic carbocycles. The van der Waals surface area contributed by atoms with E-state index >= 15 is 0 Å². The van der Waals surface area contributed by atoms with Crippen LogP contribution in [0.15, 0.2) is 192 Å². The van der Waals surface area contributed by atoms with Crippen molar-refractivity contribution >= 4 is 77.4 Å². The molecule has 2 aliphatic rings. The second-order valence-electron chi connectivity index (χ2n) is 15.0. The maximum atomic E-state index is 2.47. The van der Waals surface area contributed by atoms with Gasteiger partial charge in [-0.2, -0.15) is 0 Å². The fourth-order valence-corrected chi connectivity index (χ4v) is 11.1. The topological polar surface area (TPSA) is 6.48 Å². The molecule has 0 bridgehead atoms. The highest BCUT2D eigenvalue weighted by Crippen LogP contribution is 2.54. The van der Waals surface area contributed by atoms with Gasteiger partial charge in [-0.1, -0.05) is 135 Å². The maximum absolute atomic E-state index is 2.47. The first kappa shape index (κ1) is 32.4. The lowest BCUT2D eigenvalue weighted by Crippen LogP contribution is -2.16. The van der Waals surface area contributed by atoms with Gasteiger partial charge in [-0.05, 0) is 106 Å². The quantitative estimate of drug-likeness (QED) is 0.173. The lowest BCUT2D eigenvalue weighted by molar-refractivity contribution is 0.660. The van der Waals surface area contributed by atoms with Crippen LogP contribution in [-0.2, 0) is 5.41 Å². The Morgan fingerprint density at radius 2 is 1.18 bits per heavy atom. The van der Waals surface area contributed by atoms with Crippen molar-refractivity contribution in [3.05, 3.63) is 193 Å². The molecular formula is C51H36N2S2. The third-order valence-corrected chi connectivity index (χ3v) is 13.8. The standard InChI is InChI=1S/C51H36N2S2/c1-51(2)42-18-8-6-15-38(42)39-29-28-37(32-43(39)51)52(46-20-12-17-41-40-16-7-10-21-47(40)55-50(41)46)36-26-23-33(24-27-36)34-25-30-45-49(31-34)54-48-22-11-9-19-44(48)53(45)35-13-4-3-5-14-35/h3-32H,1-2H3. The molecule has 0 atom stereocenters. The van der Waals surface area contributed by atoms with Gasteiger partial charge < -0.3 is 9.80 Å². The van der Waals surface area contributed by atoms with E-state index in [9.17, 15) is 0 Å². The summed E-state index contributed by atoms with van der Waals surface area (Å²) >= 11 is 3.73. The molecule has 0 saturated carbocycles. The summed E-state index contributed by atoms with van der Waals surface area (Å²) in [6.07, 6.45) is 0. The molecule has 0 N–H and O–H groups in total. The van der Waals surface area contributed by atoms with Gasteiger partial charge in [0.15, 0.2) is 0 Å². The largest absolute Gasteiger partial charge is 0.309 e. The summed E-state index contributed by atoms with van der Waals surface area (Å²) < 4.78 is 2.61. The van der Waals surface area contributed by atoms with E-state index in [1.165, 1.54) is 91.8 Å². The van der Waals surface area contributed by atoms with Crippen molar-refractivity contribution in [2.24, 2.45) is 0 Å². The molecule has 2 heterocycles. The Balaban J connectivity index is 1.03. The molecule has 0 saturated heterocycles. The highest BCUT2D eigenvalue weighted by atomic mass is 32.2. The van der Waals surface area contributed by atoms with Crippen LogP contribution in [0, 0.1) is 0 Å². The van der Waals surface area contributed by atoms with Gasteiger partial charge in [0.25, 0.3) is 0 Å². The van der Waals surface area contributed by atoms with Gasteiger partial charge in [-0.25, -0.2) is 0 Å². The third kappa shape index (κ3) is 5.09. The SMILES string of the molecule is CC1(C)c2ccccc2-c2ccc(N(c3ccc(-c4ccc5c(c4)Sc4ccccc4N5c4ccccc4)cc3)c3cccc4c3sc3ccccc34)cc21. The molecule has 4 heteroatoms. The Morgan fingerprint density at radius 3 is 2.07 bits per heavy atom. The second-order valence-corrected chi connectivity index (χ2v) is 17.1. The predicted octanol–water partition coefficient (Wildman–Crippen LogP) is 15.4.